The van der Waals surface area contributed by atoms with E-state index in [9.17, 15) is 29.8 Å². The first-order valence-electron chi connectivity index (χ1n) is 19.2. The largest absolute Gasteiger partial charge is 0.511 e. The lowest BCUT2D eigenvalue weighted by atomic mass is 9.98. The van der Waals surface area contributed by atoms with Crippen molar-refractivity contribution >= 4 is 23.7 Å². The highest BCUT2D eigenvalue weighted by Gasteiger charge is 2.50. The Morgan fingerprint density at radius 1 is 0.983 bits per heavy atom. The molecule has 2 aliphatic rings. The molecule has 23 heteroatoms. The van der Waals surface area contributed by atoms with Crippen LogP contribution in [0.1, 0.15) is 67.8 Å². The predicted octanol–water partition coefficient (Wildman–Crippen LogP) is 4.94. The van der Waals surface area contributed by atoms with E-state index in [2.05, 4.69) is 35.3 Å². The van der Waals surface area contributed by atoms with E-state index in [-0.39, 0.29) is 43.6 Å². The topological polar surface area (TPSA) is 267 Å². The summed E-state index contributed by atoms with van der Waals surface area (Å²) in [6.45, 7) is 3.46. The van der Waals surface area contributed by atoms with Gasteiger partial charge in [-0.3, -0.25) is 0 Å². The number of aromatic nitrogens is 6. The van der Waals surface area contributed by atoms with Crippen LogP contribution in [0.5, 0.6) is 0 Å². The van der Waals surface area contributed by atoms with E-state index in [0.29, 0.717) is 30.9 Å². The number of benzene rings is 2. The molecule has 4 aromatic rings. The van der Waals surface area contributed by atoms with E-state index in [1.807, 2.05) is 55.5 Å². The first kappa shape index (κ1) is 43.6. The molecule has 322 valence electrons. The number of aromatic amines is 1. The third kappa shape index (κ3) is 11.4. The summed E-state index contributed by atoms with van der Waals surface area (Å²) in [7, 11) is 0. The minimum absolute atomic E-state index is 0.00353. The van der Waals surface area contributed by atoms with Crippen molar-refractivity contribution in [2.24, 2.45) is 0 Å². The van der Waals surface area contributed by atoms with Gasteiger partial charge < -0.3 is 42.7 Å². The molecule has 0 amide bonds. The third-order valence-corrected chi connectivity index (χ3v) is 9.93. The van der Waals surface area contributed by atoms with Crippen LogP contribution in [0.4, 0.5) is 4.79 Å². The van der Waals surface area contributed by atoms with Crippen LogP contribution >= 0.6 is 11.6 Å². The number of hydrogen-bond acceptors (Lipinski definition) is 18. The fraction of sp³-hybridized carbons (Fsp3) is 0.514. The normalized spacial score (nSPS) is 19.2. The maximum atomic E-state index is 13.6. The van der Waals surface area contributed by atoms with Crippen LogP contribution in [0.3, 0.4) is 0 Å². The van der Waals surface area contributed by atoms with Crippen molar-refractivity contribution in [1.29, 1.82) is 0 Å². The number of nitrogens with one attached hydrogen (secondary N) is 1. The molecule has 2 fully saturated rings. The monoisotopic (exact) mass is 858 g/mol. The molecule has 0 radical (unpaired) electrons. The number of esters is 1. The Morgan fingerprint density at radius 3 is 2.42 bits per heavy atom. The Hall–Kier alpha value is -5.97. The molecule has 6 atom stereocenters. The third-order valence-electron chi connectivity index (χ3n) is 9.67. The van der Waals surface area contributed by atoms with Crippen LogP contribution in [0.2, 0.25) is 5.15 Å². The SMILES string of the molecule is CCCCc1nc(Cl)c(C(=O)OC(C)OC(=O)O[C@H]2COC3C2OC[C@@H]3OCCCC[C@H](CO[N+](=O)[O-])O[N+](=O)[O-])n1Cc1ccc(-c2ccccc2-c2nn[nH]n2)cc1. The van der Waals surface area contributed by atoms with Crippen molar-refractivity contribution in [3.05, 3.63) is 91.0 Å². The van der Waals surface area contributed by atoms with Crippen LogP contribution in [-0.4, -0.2) is 116 Å². The number of nitrogens with zero attached hydrogens (tertiary/aromatic N) is 7. The molecule has 3 unspecified atom stereocenters. The number of ether oxygens (including phenoxy) is 6. The van der Waals surface area contributed by atoms with Crippen molar-refractivity contribution < 1.29 is 57.9 Å². The molecular formula is C37H43ClN8O14. The number of unbranched alkanes of at least 4 members (excludes halogenated alkanes) is 2. The highest BCUT2D eigenvalue weighted by atomic mass is 35.5. The maximum absolute atomic E-state index is 13.6. The Labute approximate surface area is 346 Å². The lowest BCUT2D eigenvalue weighted by molar-refractivity contribution is -0.790. The molecule has 0 saturated carbocycles. The van der Waals surface area contributed by atoms with Gasteiger partial charge in [-0.05, 0) is 47.6 Å². The van der Waals surface area contributed by atoms with Crippen molar-refractivity contribution in [2.45, 2.75) is 95.7 Å². The molecule has 2 saturated heterocycles. The first-order chi connectivity index (χ1) is 29.0. The minimum Gasteiger partial charge on any atom is -0.426 e. The summed E-state index contributed by atoms with van der Waals surface area (Å²) >= 11 is 6.55. The quantitative estimate of drug-likeness (QED) is 0.0360. The van der Waals surface area contributed by atoms with E-state index >= 15 is 0 Å². The second kappa shape index (κ2) is 20.8. The summed E-state index contributed by atoms with van der Waals surface area (Å²) in [6.07, 6.45) is -2.90. The predicted molar refractivity (Wildman–Crippen MR) is 204 cm³/mol. The smallest absolute Gasteiger partial charge is 0.426 e. The standard InChI is InChI=1S/C37H43ClN8O14/c1-3-4-12-30-39-34(38)31(44(30)18-23-13-15-24(16-14-23)26-10-5-6-11-27(26)35-40-42-43-41-35)36(47)57-22(2)58-37(48)59-29-21-55-32-28(20-54-33(29)32)53-17-8-7-9-25(60-46(51)52)19-56-45(49)50/h5-6,10-11,13-16,22,25,28-29,32-33H,3-4,7-9,12,17-21H2,1-2H3,(H,40,41,42,43)/t22?,25-,28+,29+,32?,33?/m1/s1. The molecule has 60 heavy (non-hydrogen) atoms. The van der Waals surface area contributed by atoms with Crippen LogP contribution in [-0.2, 0) is 51.1 Å². The highest BCUT2D eigenvalue weighted by Crippen LogP contribution is 2.32. The van der Waals surface area contributed by atoms with E-state index in [0.717, 1.165) is 35.1 Å². The zero-order valence-electron chi connectivity index (χ0n) is 32.6. The van der Waals surface area contributed by atoms with Gasteiger partial charge in [-0.25, -0.2) is 14.6 Å². The average Bonchev–Trinajstić information content (AvgIpc) is 4.03. The van der Waals surface area contributed by atoms with E-state index in [1.165, 1.54) is 6.92 Å². The fourth-order valence-corrected chi connectivity index (χ4v) is 7.14. The summed E-state index contributed by atoms with van der Waals surface area (Å²) in [4.78, 5) is 60.6. The number of fused-ring (bicyclic) bond motifs is 1. The van der Waals surface area contributed by atoms with Crippen LogP contribution in [0.15, 0.2) is 48.5 Å². The van der Waals surface area contributed by atoms with E-state index in [4.69, 9.17) is 40.0 Å². The van der Waals surface area contributed by atoms with Gasteiger partial charge in [0, 0.05) is 32.1 Å². The lowest BCUT2D eigenvalue weighted by Gasteiger charge is -2.19. The molecule has 2 aromatic carbocycles. The Morgan fingerprint density at radius 2 is 1.72 bits per heavy atom. The summed E-state index contributed by atoms with van der Waals surface area (Å²) in [5.74, 6) is 0.215. The van der Waals surface area contributed by atoms with Crippen molar-refractivity contribution in [3.63, 3.8) is 0 Å². The number of halogens is 1. The molecule has 1 N–H and O–H groups in total. The second-order valence-electron chi connectivity index (χ2n) is 13.8. The Balaban J connectivity index is 0.997. The number of imidazole rings is 1. The van der Waals surface area contributed by atoms with Gasteiger partial charge in [-0.15, -0.1) is 30.4 Å². The molecule has 6 rings (SSSR count). The summed E-state index contributed by atoms with van der Waals surface area (Å²) < 4.78 is 35.5. The van der Waals surface area contributed by atoms with E-state index in [1.54, 1.807) is 4.57 Å². The number of tetrazole rings is 1. The lowest BCUT2D eigenvalue weighted by Crippen LogP contribution is -2.36. The number of rotatable bonds is 22. The minimum atomic E-state index is -1.37. The molecular weight excluding hydrogens is 816 g/mol. The van der Waals surface area contributed by atoms with Gasteiger partial charge in [-0.2, -0.15) is 5.21 Å². The van der Waals surface area contributed by atoms with Gasteiger partial charge >= 0.3 is 12.1 Å². The van der Waals surface area contributed by atoms with Gasteiger partial charge in [-0.1, -0.05) is 73.5 Å². The molecule has 0 bridgehead atoms. The number of carbonyl (C=O) groups is 2. The van der Waals surface area contributed by atoms with Gasteiger partial charge in [0.2, 0.25) is 12.1 Å². The van der Waals surface area contributed by atoms with Crippen LogP contribution in [0, 0.1) is 20.2 Å². The summed E-state index contributed by atoms with van der Waals surface area (Å²) in [5.41, 5.74) is 3.52. The molecule has 2 aliphatic heterocycles. The average molecular weight is 859 g/mol. The van der Waals surface area contributed by atoms with Crippen LogP contribution in [0.25, 0.3) is 22.5 Å². The van der Waals surface area contributed by atoms with Gasteiger partial charge in [0.25, 0.3) is 10.2 Å². The summed E-state index contributed by atoms with van der Waals surface area (Å²) in [5, 5.41) is 33.4. The van der Waals surface area contributed by atoms with Gasteiger partial charge in [0.05, 0.1) is 13.2 Å². The molecule has 2 aromatic heterocycles. The van der Waals surface area contributed by atoms with Gasteiger partial charge in [0.1, 0.15) is 36.8 Å². The van der Waals surface area contributed by atoms with Crippen LogP contribution < -0.4 is 0 Å². The van der Waals surface area contributed by atoms with Crippen molar-refractivity contribution in [3.8, 4) is 22.5 Å². The maximum Gasteiger partial charge on any atom is 0.511 e. The zero-order valence-corrected chi connectivity index (χ0v) is 33.3. The number of carbonyl (C=O) groups excluding carboxylic acids is 2. The molecule has 4 heterocycles. The van der Waals surface area contributed by atoms with Crippen molar-refractivity contribution in [2.75, 3.05) is 26.4 Å². The molecule has 0 aliphatic carbocycles. The summed E-state index contributed by atoms with van der Waals surface area (Å²) in [6, 6.07) is 15.5. The van der Waals surface area contributed by atoms with E-state index < -0.39 is 65.7 Å². The number of aryl methyl sites for hydroxylation is 1. The molecule has 22 nitrogen and oxygen atoms in total. The molecule has 0 spiro atoms. The number of H-pyrrole nitrogens is 1. The zero-order chi connectivity index (χ0) is 42.6. The van der Waals surface area contributed by atoms with Crippen molar-refractivity contribution in [1.82, 2.24) is 30.2 Å². The highest BCUT2D eigenvalue weighted by molar-refractivity contribution is 6.32. The Kier molecular flexibility index (Phi) is 15.1. The Bertz CT molecular complexity index is 2070. The van der Waals surface area contributed by atoms with Gasteiger partial charge in [0.15, 0.2) is 17.0 Å². The second-order valence-corrected chi connectivity index (χ2v) is 14.2. The fourth-order valence-electron chi connectivity index (χ4n) is 6.87. The first-order valence-corrected chi connectivity index (χ1v) is 19.6. The number of hydrogen-bond donors (Lipinski definition) is 1.